The van der Waals surface area contributed by atoms with Crippen molar-refractivity contribution in [3.63, 3.8) is 0 Å². The van der Waals surface area contributed by atoms with E-state index in [9.17, 15) is 27.6 Å². The van der Waals surface area contributed by atoms with E-state index in [0.29, 0.717) is 6.07 Å². The van der Waals surface area contributed by atoms with E-state index < -0.39 is 46.0 Å². The number of amides is 1. The van der Waals surface area contributed by atoms with Gasteiger partial charge in [0.25, 0.3) is 11.5 Å². The Bertz CT molecular complexity index is 769. The molecule has 0 unspecified atom stereocenters. The number of carbonyl (C=O) groups excluding carboxylic acids is 1. The minimum Gasteiger partial charge on any atom is -0.318 e. The quantitative estimate of drug-likeness (QED) is 0.710. The SMILES string of the molecule is O=C(Nc1ccc(F)c(F)c1F)c1cc(=O)[nH]c(=O)[nH]1. The molecule has 9 heteroatoms. The Kier molecular flexibility index (Phi) is 3.42. The zero-order valence-electron chi connectivity index (χ0n) is 9.59. The summed E-state index contributed by atoms with van der Waals surface area (Å²) in [5.74, 6) is -5.81. The second kappa shape index (κ2) is 5.03. The summed E-state index contributed by atoms with van der Waals surface area (Å²) in [5, 5.41) is 1.91. The monoisotopic (exact) mass is 285 g/mol. The van der Waals surface area contributed by atoms with Crippen molar-refractivity contribution in [2.75, 3.05) is 5.32 Å². The van der Waals surface area contributed by atoms with Crippen molar-refractivity contribution in [1.82, 2.24) is 9.97 Å². The van der Waals surface area contributed by atoms with Gasteiger partial charge in [-0.3, -0.25) is 14.6 Å². The second-order valence-electron chi connectivity index (χ2n) is 3.68. The molecule has 0 saturated heterocycles. The maximum Gasteiger partial charge on any atom is 0.326 e. The predicted molar refractivity (Wildman–Crippen MR) is 62.0 cm³/mol. The number of benzene rings is 1. The van der Waals surface area contributed by atoms with Crippen molar-refractivity contribution in [2.24, 2.45) is 0 Å². The summed E-state index contributed by atoms with van der Waals surface area (Å²) in [4.78, 5) is 37.4. The molecule has 2 aromatic rings. The lowest BCUT2D eigenvalue weighted by Gasteiger charge is -2.06. The maximum atomic E-state index is 13.3. The molecule has 0 radical (unpaired) electrons. The van der Waals surface area contributed by atoms with Gasteiger partial charge in [0.05, 0.1) is 5.69 Å². The van der Waals surface area contributed by atoms with Crippen LogP contribution in [0.15, 0.2) is 27.8 Å². The Hall–Kier alpha value is -2.84. The van der Waals surface area contributed by atoms with E-state index in [1.807, 2.05) is 15.3 Å². The van der Waals surface area contributed by atoms with Crippen molar-refractivity contribution in [1.29, 1.82) is 0 Å². The summed E-state index contributed by atoms with van der Waals surface area (Å²) in [5.41, 5.74) is -2.86. The van der Waals surface area contributed by atoms with E-state index in [0.717, 1.165) is 12.1 Å². The number of hydrogen-bond donors (Lipinski definition) is 3. The van der Waals surface area contributed by atoms with Gasteiger partial charge in [-0.2, -0.15) is 0 Å². The Morgan fingerprint density at radius 1 is 1.05 bits per heavy atom. The lowest BCUT2D eigenvalue weighted by molar-refractivity contribution is 0.102. The van der Waals surface area contributed by atoms with E-state index in [1.165, 1.54) is 0 Å². The molecule has 104 valence electrons. The van der Waals surface area contributed by atoms with Gasteiger partial charge in [0.2, 0.25) is 0 Å². The van der Waals surface area contributed by atoms with Gasteiger partial charge < -0.3 is 10.3 Å². The van der Waals surface area contributed by atoms with Crippen LogP contribution in [-0.2, 0) is 0 Å². The topological polar surface area (TPSA) is 94.8 Å². The van der Waals surface area contributed by atoms with Crippen molar-refractivity contribution < 1.29 is 18.0 Å². The van der Waals surface area contributed by atoms with Crippen LogP contribution in [0.3, 0.4) is 0 Å². The molecular weight excluding hydrogens is 279 g/mol. The van der Waals surface area contributed by atoms with E-state index in [-0.39, 0.29) is 0 Å². The summed E-state index contributed by atoms with van der Waals surface area (Å²) in [6.07, 6.45) is 0. The highest BCUT2D eigenvalue weighted by atomic mass is 19.2. The van der Waals surface area contributed by atoms with Crippen molar-refractivity contribution in [2.45, 2.75) is 0 Å². The van der Waals surface area contributed by atoms with Gasteiger partial charge >= 0.3 is 5.69 Å². The first-order valence-electron chi connectivity index (χ1n) is 5.17. The molecular formula is C11H6F3N3O3. The Morgan fingerprint density at radius 2 is 1.75 bits per heavy atom. The summed E-state index contributed by atoms with van der Waals surface area (Å²) >= 11 is 0. The second-order valence-corrected chi connectivity index (χ2v) is 3.68. The summed E-state index contributed by atoms with van der Waals surface area (Å²) < 4.78 is 39.0. The third kappa shape index (κ3) is 2.60. The van der Waals surface area contributed by atoms with Crippen LogP contribution in [0.5, 0.6) is 0 Å². The van der Waals surface area contributed by atoms with Crippen molar-refractivity contribution >= 4 is 11.6 Å². The molecule has 1 aromatic heterocycles. The van der Waals surface area contributed by atoms with Crippen molar-refractivity contribution in [3.05, 3.63) is 62.2 Å². The summed E-state index contributed by atoms with van der Waals surface area (Å²) in [7, 11) is 0. The minimum atomic E-state index is -1.75. The fourth-order valence-electron chi connectivity index (χ4n) is 1.40. The molecule has 0 aliphatic heterocycles. The summed E-state index contributed by atoms with van der Waals surface area (Å²) in [6, 6.07) is 2.18. The number of carbonyl (C=O) groups is 1. The minimum absolute atomic E-state index is 0.456. The molecule has 0 spiro atoms. The molecule has 0 bridgehead atoms. The normalized spacial score (nSPS) is 10.3. The van der Waals surface area contributed by atoms with Crippen molar-refractivity contribution in [3.8, 4) is 0 Å². The van der Waals surface area contributed by atoms with Gasteiger partial charge in [-0.15, -0.1) is 0 Å². The molecule has 0 fully saturated rings. The van der Waals surface area contributed by atoms with Crippen LogP contribution in [-0.4, -0.2) is 15.9 Å². The van der Waals surface area contributed by atoms with Crippen LogP contribution in [0.25, 0.3) is 0 Å². The molecule has 20 heavy (non-hydrogen) atoms. The number of H-pyrrole nitrogens is 2. The number of aromatic nitrogens is 2. The molecule has 0 aliphatic carbocycles. The highest BCUT2D eigenvalue weighted by Gasteiger charge is 2.16. The zero-order valence-corrected chi connectivity index (χ0v) is 9.59. The molecule has 0 atom stereocenters. The maximum absolute atomic E-state index is 13.3. The lowest BCUT2D eigenvalue weighted by Crippen LogP contribution is -2.27. The van der Waals surface area contributed by atoms with Gasteiger partial charge in [-0.05, 0) is 12.1 Å². The third-order valence-corrected chi connectivity index (χ3v) is 2.29. The van der Waals surface area contributed by atoms with Gasteiger partial charge in [0.1, 0.15) is 5.69 Å². The highest BCUT2D eigenvalue weighted by molar-refractivity contribution is 6.02. The summed E-state index contributed by atoms with van der Waals surface area (Å²) in [6.45, 7) is 0. The number of nitrogens with one attached hydrogen (secondary N) is 3. The first-order chi connectivity index (χ1) is 9.38. The van der Waals surface area contributed by atoms with Crippen LogP contribution >= 0.6 is 0 Å². The molecule has 1 aromatic carbocycles. The van der Waals surface area contributed by atoms with Crippen LogP contribution in [0.1, 0.15) is 10.5 Å². The average Bonchev–Trinajstić information content (AvgIpc) is 2.38. The standard InChI is InChI=1S/C11H6F3N3O3/c12-4-1-2-5(9(14)8(4)13)15-10(19)6-3-7(18)17-11(20)16-6/h1-3H,(H,15,19)(H2,16,17,18,20). The van der Waals surface area contributed by atoms with Gasteiger partial charge in [0, 0.05) is 6.07 Å². The zero-order chi connectivity index (χ0) is 14.9. The fraction of sp³-hybridized carbons (Fsp3) is 0. The number of halogens is 3. The van der Waals surface area contributed by atoms with Crippen LogP contribution in [0, 0.1) is 17.5 Å². The fourth-order valence-corrected chi connectivity index (χ4v) is 1.40. The number of hydrogen-bond acceptors (Lipinski definition) is 3. The molecule has 6 nitrogen and oxygen atoms in total. The van der Waals surface area contributed by atoms with Crippen LogP contribution in [0.4, 0.5) is 18.9 Å². The largest absolute Gasteiger partial charge is 0.326 e. The Labute approximate surface area is 108 Å². The smallest absolute Gasteiger partial charge is 0.318 e. The highest BCUT2D eigenvalue weighted by Crippen LogP contribution is 2.19. The molecule has 1 amide bonds. The van der Waals surface area contributed by atoms with E-state index >= 15 is 0 Å². The molecule has 0 saturated carbocycles. The molecule has 2 rings (SSSR count). The number of anilines is 1. The molecule has 0 aliphatic rings. The lowest BCUT2D eigenvalue weighted by atomic mass is 10.2. The van der Waals surface area contributed by atoms with E-state index in [4.69, 9.17) is 0 Å². The van der Waals surface area contributed by atoms with Gasteiger partial charge in [0.15, 0.2) is 17.5 Å². The number of rotatable bonds is 2. The van der Waals surface area contributed by atoms with Crippen LogP contribution < -0.4 is 16.6 Å². The van der Waals surface area contributed by atoms with E-state index in [1.54, 1.807) is 0 Å². The third-order valence-electron chi connectivity index (χ3n) is 2.29. The van der Waals surface area contributed by atoms with Crippen LogP contribution in [0.2, 0.25) is 0 Å². The predicted octanol–water partition coefficient (Wildman–Crippen LogP) is 0.733. The Balaban J connectivity index is 2.35. The Morgan fingerprint density at radius 3 is 2.40 bits per heavy atom. The first kappa shape index (κ1) is 13.6. The number of aromatic amines is 2. The van der Waals surface area contributed by atoms with Gasteiger partial charge in [-0.25, -0.2) is 18.0 Å². The molecule has 1 heterocycles. The average molecular weight is 285 g/mol. The van der Waals surface area contributed by atoms with E-state index in [2.05, 4.69) is 0 Å². The first-order valence-corrected chi connectivity index (χ1v) is 5.17. The molecule has 3 N–H and O–H groups in total. The van der Waals surface area contributed by atoms with Gasteiger partial charge in [-0.1, -0.05) is 0 Å².